The lowest BCUT2D eigenvalue weighted by molar-refractivity contribution is 0.517. The summed E-state index contributed by atoms with van der Waals surface area (Å²) in [5.41, 5.74) is 3.06. The van der Waals surface area contributed by atoms with E-state index in [0.29, 0.717) is 0 Å². The van der Waals surface area contributed by atoms with Crippen LogP contribution in [0.5, 0.6) is 0 Å². The van der Waals surface area contributed by atoms with Gasteiger partial charge in [-0.25, -0.2) is 0 Å². The van der Waals surface area contributed by atoms with E-state index in [9.17, 15) is 0 Å². The van der Waals surface area contributed by atoms with E-state index in [1.165, 1.54) is 37.8 Å². The van der Waals surface area contributed by atoms with Gasteiger partial charge >= 0.3 is 0 Å². The third-order valence-electron chi connectivity index (χ3n) is 2.75. The molecule has 1 aliphatic heterocycles. The number of hydrogen-bond acceptors (Lipinski definition) is 1. The minimum absolute atomic E-state index is 0.732. The van der Waals surface area contributed by atoms with E-state index >= 15 is 0 Å². The molecule has 0 aromatic carbocycles. The van der Waals surface area contributed by atoms with E-state index in [1.807, 2.05) is 0 Å². The zero-order valence-electron chi connectivity index (χ0n) is 7.14. The molecule has 0 fully saturated rings. The van der Waals surface area contributed by atoms with Gasteiger partial charge in [0, 0.05) is 11.9 Å². The van der Waals surface area contributed by atoms with Gasteiger partial charge in [-0.1, -0.05) is 6.92 Å². The molecule has 1 heteroatoms. The molecule has 1 aliphatic carbocycles. The standard InChI is InChI=1S/C10H15N/c1-8-4-2-5-9-6-3-7-11-10(8)9/h7-8H,2-6H2,1H3. The summed E-state index contributed by atoms with van der Waals surface area (Å²) < 4.78 is 0. The van der Waals surface area contributed by atoms with Crippen molar-refractivity contribution in [3.63, 3.8) is 0 Å². The molecule has 0 N–H and O–H groups in total. The van der Waals surface area contributed by atoms with Crippen LogP contribution in [-0.2, 0) is 0 Å². The summed E-state index contributed by atoms with van der Waals surface area (Å²) in [5, 5.41) is 0. The third kappa shape index (κ3) is 1.24. The molecule has 11 heavy (non-hydrogen) atoms. The lowest BCUT2D eigenvalue weighted by Crippen LogP contribution is -2.11. The van der Waals surface area contributed by atoms with E-state index in [1.54, 1.807) is 5.57 Å². The molecule has 60 valence electrons. The molecule has 1 nitrogen and oxygen atoms in total. The molecule has 0 aromatic heterocycles. The fraction of sp³-hybridized carbons (Fsp3) is 0.700. The van der Waals surface area contributed by atoms with Gasteiger partial charge in [-0.3, -0.25) is 4.99 Å². The summed E-state index contributed by atoms with van der Waals surface area (Å²) in [4.78, 5) is 4.49. The van der Waals surface area contributed by atoms with Crippen LogP contribution in [0.4, 0.5) is 0 Å². The van der Waals surface area contributed by atoms with Gasteiger partial charge in [0.1, 0.15) is 0 Å². The number of aliphatic imine (C=N–C) groups is 1. The van der Waals surface area contributed by atoms with Crippen LogP contribution in [0.3, 0.4) is 0 Å². The maximum Gasteiger partial charge on any atom is 0.0419 e. The van der Waals surface area contributed by atoms with Gasteiger partial charge < -0.3 is 0 Å². The summed E-state index contributed by atoms with van der Waals surface area (Å²) in [6, 6.07) is 0. The summed E-state index contributed by atoms with van der Waals surface area (Å²) in [5.74, 6) is 0.732. The van der Waals surface area contributed by atoms with Crippen molar-refractivity contribution in [1.29, 1.82) is 0 Å². The lowest BCUT2D eigenvalue weighted by atomic mass is 9.85. The van der Waals surface area contributed by atoms with E-state index in [-0.39, 0.29) is 0 Å². The first-order valence-electron chi connectivity index (χ1n) is 4.62. The predicted molar refractivity (Wildman–Crippen MR) is 47.8 cm³/mol. The van der Waals surface area contributed by atoms with Crippen molar-refractivity contribution < 1.29 is 0 Å². The molecule has 1 unspecified atom stereocenters. The second kappa shape index (κ2) is 2.80. The van der Waals surface area contributed by atoms with E-state index in [2.05, 4.69) is 18.1 Å². The Hall–Kier alpha value is -0.590. The van der Waals surface area contributed by atoms with Gasteiger partial charge in [-0.15, -0.1) is 0 Å². The molecule has 1 heterocycles. The Bertz CT molecular complexity index is 213. The quantitative estimate of drug-likeness (QED) is 0.502. The smallest absolute Gasteiger partial charge is 0.0419 e. The highest BCUT2D eigenvalue weighted by Gasteiger charge is 2.19. The summed E-state index contributed by atoms with van der Waals surface area (Å²) in [6.07, 6.45) is 8.58. The topological polar surface area (TPSA) is 12.4 Å². The van der Waals surface area contributed by atoms with Crippen molar-refractivity contribution in [1.82, 2.24) is 0 Å². The van der Waals surface area contributed by atoms with Crippen LogP contribution in [0.1, 0.15) is 39.0 Å². The molecule has 0 radical (unpaired) electrons. The van der Waals surface area contributed by atoms with Gasteiger partial charge in [0.25, 0.3) is 0 Å². The second-order valence-corrected chi connectivity index (χ2v) is 3.63. The third-order valence-corrected chi connectivity index (χ3v) is 2.75. The Kier molecular flexibility index (Phi) is 1.80. The molecular weight excluding hydrogens is 134 g/mol. The predicted octanol–water partition coefficient (Wildman–Crippen LogP) is 2.93. The molecule has 0 saturated carbocycles. The van der Waals surface area contributed by atoms with Crippen molar-refractivity contribution in [2.75, 3.05) is 0 Å². The molecular formula is C10H15N. The number of allylic oxidation sites excluding steroid dienone is 2. The SMILES string of the molecule is CC1CCCC2=C1N=CCC2. The highest BCUT2D eigenvalue weighted by atomic mass is 14.8. The second-order valence-electron chi connectivity index (χ2n) is 3.63. The van der Waals surface area contributed by atoms with Crippen LogP contribution in [0.2, 0.25) is 0 Å². The number of hydrogen-bond donors (Lipinski definition) is 0. The highest BCUT2D eigenvalue weighted by molar-refractivity contribution is 5.61. The van der Waals surface area contributed by atoms with Crippen LogP contribution in [0, 0.1) is 5.92 Å². The normalized spacial score (nSPS) is 30.5. The molecule has 0 saturated heterocycles. The van der Waals surface area contributed by atoms with Gasteiger partial charge in [-0.05, 0) is 43.6 Å². The summed E-state index contributed by atoms with van der Waals surface area (Å²) >= 11 is 0. The summed E-state index contributed by atoms with van der Waals surface area (Å²) in [6.45, 7) is 2.30. The van der Waals surface area contributed by atoms with Crippen molar-refractivity contribution in [3.8, 4) is 0 Å². The van der Waals surface area contributed by atoms with Gasteiger partial charge in [0.2, 0.25) is 0 Å². The summed E-state index contributed by atoms with van der Waals surface area (Å²) in [7, 11) is 0. The first-order valence-corrected chi connectivity index (χ1v) is 4.62. The number of nitrogens with zero attached hydrogens (tertiary/aromatic N) is 1. The van der Waals surface area contributed by atoms with Crippen LogP contribution in [0.15, 0.2) is 16.3 Å². The zero-order valence-corrected chi connectivity index (χ0v) is 7.14. The molecule has 0 bridgehead atoms. The Morgan fingerprint density at radius 1 is 1.45 bits per heavy atom. The molecule has 0 spiro atoms. The van der Waals surface area contributed by atoms with E-state index in [4.69, 9.17) is 0 Å². The fourth-order valence-corrected chi connectivity index (χ4v) is 2.11. The average molecular weight is 149 g/mol. The van der Waals surface area contributed by atoms with Crippen molar-refractivity contribution in [2.45, 2.75) is 39.0 Å². The minimum atomic E-state index is 0.732. The average Bonchev–Trinajstić information content (AvgIpc) is 2.06. The monoisotopic (exact) mass is 149 g/mol. The maximum atomic E-state index is 4.49. The molecule has 1 atom stereocenters. The van der Waals surface area contributed by atoms with Crippen LogP contribution in [-0.4, -0.2) is 6.21 Å². The first kappa shape index (κ1) is 7.08. The number of rotatable bonds is 0. The fourth-order valence-electron chi connectivity index (χ4n) is 2.11. The van der Waals surface area contributed by atoms with Crippen molar-refractivity contribution in [3.05, 3.63) is 11.3 Å². The molecule has 0 aromatic rings. The Labute approximate surface area is 68.2 Å². The minimum Gasteiger partial charge on any atom is -0.265 e. The maximum absolute atomic E-state index is 4.49. The Balaban J connectivity index is 2.28. The van der Waals surface area contributed by atoms with Gasteiger partial charge in [-0.2, -0.15) is 0 Å². The van der Waals surface area contributed by atoms with Crippen LogP contribution >= 0.6 is 0 Å². The largest absolute Gasteiger partial charge is 0.265 e. The molecule has 0 amide bonds. The van der Waals surface area contributed by atoms with Crippen molar-refractivity contribution in [2.24, 2.45) is 10.9 Å². The first-order chi connectivity index (χ1) is 5.38. The molecule has 2 aliphatic rings. The Morgan fingerprint density at radius 3 is 3.18 bits per heavy atom. The lowest BCUT2D eigenvalue weighted by Gasteiger charge is -2.25. The van der Waals surface area contributed by atoms with E-state index in [0.717, 1.165) is 5.92 Å². The highest BCUT2D eigenvalue weighted by Crippen LogP contribution is 2.34. The molecule has 2 rings (SSSR count). The Morgan fingerprint density at radius 2 is 2.36 bits per heavy atom. The van der Waals surface area contributed by atoms with Crippen LogP contribution in [0.25, 0.3) is 0 Å². The zero-order chi connectivity index (χ0) is 7.68. The van der Waals surface area contributed by atoms with Crippen LogP contribution < -0.4 is 0 Å². The van der Waals surface area contributed by atoms with Crippen molar-refractivity contribution >= 4 is 6.21 Å². The van der Waals surface area contributed by atoms with E-state index < -0.39 is 0 Å². The van der Waals surface area contributed by atoms with Gasteiger partial charge in [0.05, 0.1) is 0 Å². The van der Waals surface area contributed by atoms with Gasteiger partial charge in [0.15, 0.2) is 0 Å².